The minimum absolute atomic E-state index is 0.0624. The fraction of sp³-hybridized carbons (Fsp3) is 0.944. The Morgan fingerprint density at radius 2 is 1.60 bits per heavy atom. The molecule has 0 amide bonds. The van der Waals surface area contributed by atoms with Crippen LogP contribution in [0.15, 0.2) is 11.6 Å². The molecule has 4 aliphatic carbocycles. The molecule has 4 saturated carbocycles. The van der Waals surface area contributed by atoms with Crippen LogP contribution in [0.4, 0.5) is 0 Å². The van der Waals surface area contributed by atoms with Crippen LogP contribution < -0.4 is 0 Å². The molecule has 9 nitrogen and oxygen atoms in total. The van der Waals surface area contributed by atoms with Crippen molar-refractivity contribution in [2.75, 3.05) is 6.61 Å². The molecule has 1 aliphatic heterocycles. The molecule has 0 spiro atoms. The molecule has 0 unspecified atom stereocenters. The monoisotopic (exact) mass is 638 g/mol. The van der Waals surface area contributed by atoms with Crippen LogP contribution in [-0.2, 0) is 9.47 Å². The second kappa shape index (κ2) is 12.1. The first-order valence-electron chi connectivity index (χ1n) is 17.4. The molecule has 5 rings (SSSR count). The van der Waals surface area contributed by atoms with E-state index in [-0.39, 0.29) is 39.9 Å². The Bertz CT molecular complexity index is 1100. The molecule has 5 aliphatic rings. The minimum atomic E-state index is -1.53. The van der Waals surface area contributed by atoms with Gasteiger partial charge in [-0.15, -0.1) is 0 Å². The zero-order valence-electron chi connectivity index (χ0n) is 28.8. The molecule has 0 radical (unpaired) electrons. The highest BCUT2D eigenvalue weighted by atomic mass is 16.7. The van der Waals surface area contributed by atoms with Crippen LogP contribution in [0.5, 0.6) is 0 Å². The van der Waals surface area contributed by atoms with Gasteiger partial charge in [0.05, 0.1) is 30.5 Å². The van der Waals surface area contributed by atoms with Gasteiger partial charge >= 0.3 is 0 Å². The van der Waals surface area contributed by atoms with Crippen LogP contribution in [0.1, 0.15) is 107 Å². The van der Waals surface area contributed by atoms with Crippen molar-refractivity contribution in [3.63, 3.8) is 0 Å². The second-order valence-corrected chi connectivity index (χ2v) is 17.6. The molecule has 0 aromatic rings. The van der Waals surface area contributed by atoms with E-state index in [0.717, 1.165) is 25.7 Å². The van der Waals surface area contributed by atoms with E-state index in [1.807, 2.05) is 13.8 Å². The first-order chi connectivity index (χ1) is 20.7. The van der Waals surface area contributed by atoms with Crippen LogP contribution in [0, 0.1) is 45.3 Å². The topological polar surface area (TPSA) is 160 Å². The van der Waals surface area contributed by atoms with E-state index in [4.69, 9.17) is 9.47 Å². The van der Waals surface area contributed by atoms with E-state index in [1.165, 1.54) is 5.57 Å². The Kier molecular flexibility index (Phi) is 9.56. The summed E-state index contributed by atoms with van der Waals surface area (Å²) >= 11 is 0. The molecule has 45 heavy (non-hydrogen) atoms. The molecule has 7 N–H and O–H groups in total. The van der Waals surface area contributed by atoms with E-state index in [9.17, 15) is 35.7 Å². The number of hydrogen-bond acceptors (Lipinski definition) is 9. The smallest absolute Gasteiger partial charge is 0.186 e. The van der Waals surface area contributed by atoms with E-state index < -0.39 is 66.6 Å². The van der Waals surface area contributed by atoms with Crippen LogP contribution in [-0.4, -0.2) is 97.0 Å². The van der Waals surface area contributed by atoms with E-state index in [2.05, 4.69) is 47.6 Å². The molecule has 15 atom stereocenters. The second-order valence-electron chi connectivity index (χ2n) is 17.6. The maximum absolute atomic E-state index is 12.1. The summed E-state index contributed by atoms with van der Waals surface area (Å²) in [6.07, 6.45) is 0.140. The van der Waals surface area contributed by atoms with Gasteiger partial charge in [0.2, 0.25) is 0 Å². The average molecular weight is 639 g/mol. The quantitative estimate of drug-likeness (QED) is 0.164. The van der Waals surface area contributed by atoms with E-state index >= 15 is 0 Å². The van der Waals surface area contributed by atoms with Gasteiger partial charge in [0.15, 0.2) is 6.29 Å². The highest BCUT2D eigenvalue weighted by Gasteiger charge is 2.72. The lowest BCUT2D eigenvalue weighted by molar-refractivity contribution is -0.346. The molecular weight excluding hydrogens is 576 g/mol. The van der Waals surface area contributed by atoms with Crippen molar-refractivity contribution in [3.05, 3.63) is 11.6 Å². The predicted octanol–water partition coefficient (Wildman–Crippen LogP) is 3.30. The van der Waals surface area contributed by atoms with Crippen molar-refractivity contribution in [1.29, 1.82) is 0 Å². The number of ether oxygens (including phenoxy) is 2. The van der Waals surface area contributed by atoms with Gasteiger partial charge in [-0.1, -0.05) is 46.3 Å². The van der Waals surface area contributed by atoms with Crippen LogP contribution in [0.25, 0.3) is 0 Å². The molecule has 5 fully saturated rings. The largest absolute Gasteiger partial charge is 0.394 e. The molecule has 0 aromatic heterocycles. The highest BCUT2D eigenvalue weighted by molar-refractivity contribution is 5.24. The standard InChI is InChI=1S/C36H62O9/c1-19(10-9-13-32(2,3)43)20-11-15-35(7)26(20)21(38)16-24-34(6)14-12-25(39)33(4,5)30(34)22(17-36(24,35)8)44-31-29(42)28(41)27(40)23(18-37)45-31/h10,20-31,37-43H,9,11-18H2,1-8H3/b19-10+/t20-,21-,22+,23-,24-,25+,26+,27-,28+,29-,30+,31-,34-,35-,36-/m1/s1. The molecule has 1 heterocycles. The number of fused-ring (bicyclic) bond motifs is 5. The highest BCUT2D eigenvalue weighted by Crippen LogP contribution is 2.76. The summed E-state index contributed by atoms with van der Waals surface area (Å²) in [6.45, 7) is 16.5. The summed E-state index contributed by atoms with van der Waals surface area (Å²) in [5, 5.41) is 75.5. The number of rotatable bonds is 7. The van der Waals surface area contributed by atoms with Gasteiger partial charge in [-0.3, -0.25) is 0 Å². The Balaban J connectivity index is 1.52. The van der Waals surface area contributed by atoms with Gasteiger partial charge in [-0.05, 0) is 117 Å². The lowest BCUT2D eigenvalue weighted by atomic mass is 9.34. The summed E-state index contributed by atoms with van der Waals surface area (Å²) < 4.78 is 12.6. The Morgan fingerprint density at radius 1 is 0.933 bits per heavy atom. The Labute approximate surface area is 270 Å². The van der Waals surface area contributed by atoms with Crippen LogP contribution in [0.2, 0.25) is 0 Å². The molecule has 9 heteroatoms. The number of allylic oxidation sites excluding steroid dienone is 2. The predicted molar refractivity (Wildman–Crippen MR) is 170 cm³/mol. The third kappa shape index (κ3) is 5.68. The number of aliphatic hydroxyl groups is 7. The fourth-order valence-corrected chi connectivity index (χ4v) is 11.7. The van der Waals surface area contributed by atoms with Gasteiger partial charge < -0.3 is 45.2 Å². The lowest BCUT2D eigenvalue weighted by Crippen LogP contribution is -2.70. The molecule has 260 valence electrons. The van der Waals surface area contributed by atoms with E-state index in [1.54, 1.807) is 0 Å². The van der Waals surface area contributed by atoms with Crippen molar-refractivity contribution < 1.29 is 45.2 Å². The molecular formula is C36H62O9. The van der Waals surface area contributed by atoms with Gasteiger partial charge in [-0.25, -0.2) is 0 Å². The van der Waals surface area contributed by atoms with Crippen molar-refractivity contribution in [2.45, 2.75) is 161 Å². The number of aliphatic hydroxyl groups excluding tert-OH is 6. The summed E-state index contributed by atoms with van der Waals surface area (Å²) in [5.41, 5.74) is -0.729. The molecule has 1 saturated heterocycles. The lowest BCUT2D eigenvalue weighted by Gasteiger charge is -2.72. The first kappa shape index (κ1) is 35.7. The Morgan fingerprint density at radius 3 is 2.22 bits per heavy atom. The summed E-state index contributed by atoms with van der Waals surface area (Å²) in [4.78, 5) is 0. The van der Waals surface area contributed by atoms with Crippen molar-refractivity contribution in [3.8, 4) is 0 Å². The summed E-state index contributed by atoms with van der Waals surface area (Å²) in [7, 11) is 0. The van der Waals surface area contributed by atoms with Crippen molar-refractivity contribution >= 4 is 0 Å². The maximum atomic E-state index is 12.1. The zero-order chi connectivity index (χ0) is 33.5. The Hall–Kier alpha value is -0.620. The van der Waals surface area contributed by atoms with Crippen molar-refractivity contribution in [2.24, 2.45) is 45.3 Å². The van der Waals surface area contributed by atoms with E-state index in [0.29, 0.717) is 25.7 Å². The fourth-order valence-electron chi connectivity index (χ4n) is 11.7. The average Bonchev–Trinajstić information content (AvgIpc) is 3.32. The third-order valence-corrected chi connectivity index (χ3v) is 14.2. The maximum Gasteiger partial charge on any atom is 0.186 e. The van der Waals surface area contributed by atoms with Gasteiger partial charge in [-0.2, -0.15) is 0 Å². The third-order valence-electron chi connectivity index (χ3n) is 14.2. The van der Waals surface area contributed by atoms with Gasteiger partial charge in [0, 0.05) is 0 Å². The molecule has 0 aromatic carbocycles. The van der Waals surface area contributed by atoms with Crippen molar-refractivity contribution in [1.82, 2.24) is 0 Å². The molecule has 0 bridgehead atoms. The number of hydrogen-bond donors (Lipinski definition) is 7. The summed E-state index contributed by atoms with van der Waals surface area (Å²) in [6, 6.07) is 0. The zero-order valence-corrected chi connectivity index (χ0v) is 28.8. The first-order valence-corrected chi connectivity index (χ1v) is 17.4. The van der Waals surface area contributed by atoms with Crippen LogP contribution in [0.3, 0.4) is 0 Å². The SMILES string of the molecule is C/C(=C\CCC(C)(C)O)[C@H]1CC[C@]2(C)[C@@H]1[C@H](O)C[C@@H]1[C@@]3(C)CC[C@H](O)C(C)(C)[C@@H]3[C@@H](O[C@@H]3O[C@H](CO)[C@@H](O)[C@H](O)[C@H]3O)C[C@]12C. The minimum Gasteiger partial charge on any atom is -0.394 e. The van der Waals surface area contributed by atoms with Gasteiger partial charge in [0.1, 0.15) is 24.4 Å². The van der Waals surface area contributed by atoms with Crippen LogP contribution >= 0.6 is 0 Å². The summed E-state index contributed by atoms with van der Waals surface area (Å²) in [5.74, 6) is 0.343. The van der Waals surface area contributed by atoms with Gasteiger partial charge in [0.25, 0.3) is 0 Å². The normalized spacial score (nSPS) is 51.8.